The Labute approximate surface area is 231 Å². The molecule has 190 valence electrons. The second-order valence-corrected chi connectivity index (χ2v) is 11.1. The Kier molecular flexibility index (Phi) is 9.21. The number of halogens is 4. The van der Waals surface area contributed by atoms with Gasteiger partial charge in [0.05, 0.1) is 32.2 Å². The van der Waals surface area contributed by atoms with Gasteiger partial charge in [0.15, 0.2) is 0 Å². The Morgan fingerprint density at radius 1 is 0.806 bits per heavy atom. The Bertz CT molecular complexity index is 1140. The second kappa shape index (κ2) is 12.2. The predicted molar refractivity (Wildman–Crippen MR) is 148 cm³/mol. The van der Waals surface area contributed by atoms with Crippen LogP contribution in [-0.4, -0.2) is 41.1 Å². The van der Waals surface area contributed by atoms with Crippen LogP contribution >= 0.6 is 46.4 Å². The first-order chi connectivity index (χ1) is 17.2. The molecule has 8 heteroatoms. The molecule has 0 radical (unpaired) electrons. The minimum atomic E-state index is -0.668. The number of carbonyl (C=O) groups excluding carboxylic acids is 1. The topological polar surface area (TPSA) is 66.6 Å². The van der Waals surface area contributed by atoms with Gasteiger partial charge < -0.3 is 15.7 Å². The lowest BCUT2D eigenvalue weighted by atomic mass is 9.79. The van der Waals surface area contributed by atoms with Gasteiger partial charge in [-0.05, 0) is 60.2 Å². The molecule has 0 saturated carbocycles. The number of likely N-dealkylation sites (tertiary alicyclic amines) is 1. The van der Waals surface area contributed by atoms with Crippen LogP contribution < -0.4 is 5.73 Å². The van der Waals surface area contributed by atoms with Gasteiger partial charge in [-0.2, -0.15) is 0 Å². The highest BCUT2D eigenvalue weighted by Gasteiger charge is 2.38. The quantitative estimate of drug-likeness (QED) is 0.364. The van der Waals surface area contributed by atoms with Gasteiger partial charge in [-0.25, -0.2) is 0 Å². The molecule has 1 aliphatic heterocycles. The highest BCUT2D eigenvalue weighted by molar-refractivity contribution is 6.42. The van der Waals surface area contributed by atoms with E-state index in [2.05, 4.69) is 0 Å². The highest BCUT2D eigenvalue weighted by atomic mass is 35.5. The Morgan fingerprint density at radius 3 is 1.78 bits per heavy atom. The number of hydrogen-bond donors (Lipinski definition) is 2. The lowest BCUT2D eigenvalue weighted by Crippen LogP contribution is -2.56. The molecule has 1 heterocycles. The number of rotatable bonds is 7. The Hall–Kier alpha value is -1.79. The van der Waals surface area contributed by atoms with Gasteiger partial charge in [0, 0.05) is 24.9 Å². The molecule has 0 aromatic heterocycles. The summed E-state index contributed by atoms with van der Waals surface area (Å²) in [5.41, 5.74) is 9.27. The summed E-state index contributed by atoms with van der Waals surface area (Å²) in [7, 11) is 0. The third kappa shape index (κ3) is 6.74. The monoisotopic (exact) mass is 564 g/mol. The molecule has 0 aliphatic carbocycles. The predicted octanol–water partition coefficient (Wildman–Crippen LogP) is 6.09. The number of hydrogen-bond acceptors (Lipinski definition) is 3. The summed E-state index contributed by atoms with van der Waals surface area (Å²) in [4.78, 5) is 15.2. The Balaban J connectivity index is 1.56. The van der Waals surface area contributed by atoms with E-state index in [0.717, 1.165) is 16.7 Å². The van der Waals surface area contributed by atoms with Crippen molar-refractivity contribution in [3.63, 3.8) is 0 Å². The maximum Gasteiger partial charge on any atom is 0.239 e. The third-order valence-corrected chi connectivity index (χ3v) is 8.24. The first-order valence-electron chi connectivity index (χ1n) is 11.9. The molecular weight excluding hydrogens is 538 g/mol. The van der Waals surface area contributed by atoms with Gasteiger partial charge in [0.1, 0.15) is 0 Å². The fourth-order valence-electron chi connectivity index (χ4n) is 4.92. The van der Waals surface area contributed by atoms with Gasteiger partial charge in [-0.1, -0.05) is 88.9 Å². The van der Waals surface area contributed by atoms with Crippen LogP contribution in [0.2, 0.25) is 20.1 Å². The number of nitrogens with two attached hydrogens (primary N) is 1. The van der Waals surface area contributed by atoms with Crippen molar-refractivity contribution < 1.29 is 9.90 Å². The zero-order valence-corrected chi connectivity index (χ0v) is 22.6. The summed E-state index contributed by atoms with van der Waals surface area (Å²) in [6, 6.07) is 20.0. The number of piperidine rings is 1. The van der Waals surface area contributed by atoms with E-state index in [1.54, 1.807) is 17.0 Å². The van der Waals surface area contributed by atoms with Gasteiger partial charge in [0.25, 0.3) is 0 Å². The normalized spacial score (nSPS) is 20.8. The van der Waals surface area contributed by atoms with Crippen molar-refractivity contribution in [3.8, 4) is 0 Å². The summed E-state index contributed by atoms with van der Waals surface area (Å²) in [6.45, 7) is 0.807. The molecule has 4 rings (SSSR count). The van der Waals surface area contributed by atoms with Gasteiger partial charge in [-0.3, -0.25) is 4.79 Å². The number of amides is 1. The smallest absolute Gasteiger partial charge is 0.239 e. The summed E-state index contributed by atoms with van der Waals surface area (Å²) in [6.07, 6.45) is 0.915. The molecule has 3 atom stereocenters. The molecule has 3 aromatic rings. The SMILES string of the molecule is N[C@@H](Cc1ccccc1)C(=O)N1CC(Cc2ccc(Cl)c(Cl)c2)C(O)C(Cc2ccc(Cl)c(Cl)c2)C1. The van der Waals surface area contributed by atoms with Crippen molar-refractivity contribution in [2.45, 2.75) is 31.4 Å². The molecule has 1 fully saturated rings. The lowest BCUT2D eigenvalue weighted by Gasteiger charge is -2.42. The van der Waals surface area contributed by atoms with Crippen molar-refractivity contribution in [3.05, 3.63) is 104 Å². The number of aliphatic hydroxyl groups excluding tert-OH is 1. The van der Waals surface area contributed by atoms with E-state index in [1.807, 2.05) is 54.6 Å². The molecule has 3 aromatic carbocycles. The number of carbonyl (C=O) groups is 1. The van der Waals surface area contributed by atoms with Crippen molar-refractivity contribution in [1.29, 1.82) is 0 Å². The summed E-state index contributed by atoms with van der Waals surface area (Å²) >= 11 is 24.6. The molecule has 1 amide bonds. The van der Waals surface area contributed by atoms with Gasteiger partial charge in [-0.15, -0.1) is 0 Å². The summed E-state index contributed by atoms with van der Waals surface area (Å²) < 4.78 is 0. The first-order valence-corrected chi connectivity index (χ1v) is 13.4. The average Bonchev–Trinajstić information content (AvgIpc) is 2.86. The molecule has 3 N–H and O–H groups in total. The fourth-order valence-corrected chi connectivity index (χ4v) is 5.56. The molecular formula is C28H28Cl4N2O2. The van der Waals surface area contributed by atoms with Crippen LogP contribution in [0.5, 0.6) is 0 Å². The molecule has 4 nitrogen and oxygen atoms in total. The maximum absolute atomic E-state index is 13.4. The zero-order chi connectivity index (χ0) is 25.8. The van der Waals surface area contributed by atoms with E-state index in [4.69, 9.17) is 52.1 Å². The summed E-state index contributed by atoms with van der Waals surface area (Å²) in [5.74, 6) is -0.516. The van der Waals surface area contributed by atoms with Crippen LogP contribution in [0.4, 0.5) is 0 Å². The van der Waals surface area contributed by atoms with Gasteiger partial charge in [0.2, 0.25) is 5.91 Å². The molecule has 1 aliphatic rings. The molecule has 0 spiro atoms. The minimum Gasteiger partial charge on any atom is -0.392 e. The summed E-state index contributed by atoms with van der Waals surface area (Å²) in [5, 5.41) is 13.3. The molecule has 1 saturated heterocycles. The lowest BCUT2D eigenvalue weighted by molar-refractivity contribution is -0.139. The van der Waals surface area contributed by atoms with E-state index in [9.17, 15) is 9.90 Å². The van der Waals surface area contributed by atoms with Crippen molar-refractivity contribution in [1.82, 2.24) is 4.90 Å². The highest BCUT2D eigenvalue weighted by Crippen LogP contribution is 2.32. The molecule has 2 unspecified atom stereocenters. The van der Waals surface area contributed by atoms with Crippen LogP contribution in [0.3, 0.4) is 0 Å². The van der Waals surface area contributed by atoms with E-state index in [-0.39, 0.29) is 17.7 Å². The number of benzene rings is 3. The fraction of sp³-hybridized carbons (Fsp3) is 0.321. The van der Waals surface area contributed by atoms with Gasteiger partial charge >= 0.3 is 0 Å². The van der Waals surface area contributed by atoms with Crippen molar-refractivity contribution in [2.24, 2.45) is 17.6 Å². The minimum absolute atomic E-state index is 0.121. The van der Waals surface area contributed by atoms with Crippen LogP contribution in [0.1, 0.15) is 16.7 Å². The van der Waals surface area contributed by atoms with E-state index in [0.29, 0.717) is 52.4 Å². The zero-order valence-electron chi connectivity index (χ0n) is 19.6. The number of aliphatic hydroxyl groups is 1. The second-order valence-electron chi connectivity index (χ2n) is 9.46. The number of nitrogens with zero attached hydrogens (tertiary/aromatic N) is 1. The van der Waals surface area contributed by atoms with E-state index in [1.165, 1.54) is 0 Å². The maximum atomic E-state index is 13.4. The van der Waals surface area contributed by atoms with Crippen LogP contribution in [0.25, 0.3) is 0 Å². The molecule has 0 bridgehead atoms. The van der Waals surface area contributed by atoms with Crippen molar-refractivity contribution >= 4 is 52.3 Å². The molecule has 36 heavy (non-hydrogen) atoms. The van der Waals surface area contributed by atoms with Crippen LogP contribution in [0, 0.1) is 11.8 Å². The van der Waals surface area contributed by atoms with E-state index >= 15 is 0 Å². The standard InChI is InChI=1S/C28H28Cl4N2O2/c29-22-8-6-18(12-24(22)31)10-20-15-34(28(36)26(33)14-17-4-2-1-3-5-17)16-21(27(20)35)11-19-7-9-23(30)25(32)13-19/h1-9,12-13,20-21,26-27,35H,10-11,14-16,33H2/t20?,21?,26-,27?/m0/s1. The van der Waals surface area contributed by atoms with Crippen molar-refractivity contribution in [2.75, 3.05) is 13.1 Å². The average molecular weight is 566 g/mol. The van der Waals surface area contributed by atoms with E-state index < -0.39 is 12.1 Å². The Morgan fingerprint density at radius 2 is 1.31 bits per heavy atom. The largest absolute Gasteiger partial charge is 0.392 e. The third-order valence-electron chi connectivity index (χ3n) is 6.77. The first kappa shape index (κ1) is 27.3. The van der Waals surface area contributed by atoms with Crippen LogP contribution in [-0.2, 0) is 24.1 Å². The van der Waals surface area contributed by atoms with Crippen LogP contribution in [0.15, 0.2) is 66.7 Å².